The fourth-order valence-electron chi connectivity index (χ4n) is 3.22. The number of para-hydroxylation sites is 1. The molecule has 152 valence electrons. The number of amides is 2. The second kappa shape index (κ2) is 9.78. The lowest BCUT2D eigenvalue weighted by atomic mass is 10.1. The van der Waals surface area contributed by atoms with E-state index in [4.69, 9.17) is 9.47 Å². The van der Waals surface area contributed by atoms with Crippen LogP contribution in [0.5, 0.6) is 11.5 Å². The van der Waals surface area contributed by atoms with E-state index in [9.17, 15) is 9.59 Å². The van der Waals surface area contributed by atoms with Gasteiger partial charge in [-0.25, -0.2) is 0 Å². The Bertz CT molecular complexity index is 869. The van der Waals surface area contributed by atoms with Gasteiger partial charge in [-0.15, -0.1) is 0 Å². The fraction of sp³-hybridized carbons (Fsp3) is 0.304. The summed E-state index contributed by atoms with van der Waals surface area (Å²) in [5, 5.41) is 0. The second-order valence-electron chi connectivity index (χ2n) is 6.65. The maximum atomic E-state index is 12.6. The predicted molar refractivity (Wildman–Crippen MR) is 112 cm³/mol. The van der Waals surface area contributed by atoms with Crippen LogP contribution in [-0.4, -0.2) is 61.5 Å². The average Bonchev–Trinajstić information content (AvgIpc) is 2.78. The predicted octanol–water partition coefficient (Wildman–Crippen LogP) is 3.09. The highest BCUT2D eigenvalue weighted by Gasteiger charge is 2.24. The topological polar surface area (TPSA) is 59.1 Å². The number of nitrogens with zero attached hydrogens (tertiary/aromatic N) is 2. The molecule has 0 aromatic heterocycles. The lowest BCUT2D eigenvalue weighted by Crippen LogP contribution is -2.50. The number of ether oxygens (including phenoxy) is 2. The van der Waals surface area contributed by atoms with Gasteiger partial charge in [-0.3, -0.25) is 9.59 Å². The van der Waals surface area contributed by atoms with Crippen LogP contribution in [0.25, 0.3) is 6.08 Å². The van der Waals surface area contributed by atoms with Gasteiger partial charge in [0.25, 0.3) is 5.91 Å². The van der Waals surface area contributed by atoms with E-state index in [0.717, 1.165) is 17.1 Å². The first-order valence-electron chi connectivity index (χ1n) is 9.74. The number of hydrogen-bond acceptors (Lipinski definition) is 4. The van der Waals surface area contributed by atoms with Gasteiger partial charge in [0.1, 0.15) is 11.5 Å². The summed E-state index contributed by atoms with van der Waals surface area (Å²) in [6, 6.07) is 14.7. The molecular weight excluding hydrogens is 368 g/mol. The Morgan fingerprint density at radius 3 is 2.28 bits per heavy atom. The lowest BCUT2D eigenvalue weighted by Gasteiger charge is -2.34. The van der Waals surface area contributed by atoms with Gasteiger partial charge in [0.15, 0.2) is 0 Å². The van der Waals surface area contributed by atoms with Crippen molar-refractivity contribution in [1.82, 2.24) is 9.80 Å². The molecule has 0 saturated carbocycles. The van der Waals surface area contributed by atoms with Crippen molar-refractivity contribution in [3.05, 3.63) is 65.7 Å². The van der Waals surface area contributed by atoms with E-state index < -0.39 is 0 Å². The highest BCUT2D eigenvalue weighted by molar-refractivity contribution is 5.95. The second-order valence-corrected chi connectivity index (χ2v) is 6.65. The van der Waals surface area contributed by atoms with E-state index >= 15 is 0 Å². The minimum absolute atomic E-state index is 0.0269. The van der Waals surface area contributed by atoms with Crippen molar-refractivity contribution in [3.63, 3.8) is 0 Å². The summed E-state index contributed by atoms with van der Waals surface area (Å²) in [7, 11) is 1.59. The highest BCUT2D eigenvalue weighted by atomic mass is 16.5. The van der Waals surface area contributed by atoms with Gasteiger partial charge in [0.2, 0.25) is 5.91 Å². The van der Waals surface area contributed by atoms with Crippen molar-refractivity contribution >= 4 is 17.9 Å². The molecule has 0 N–H and O–H groups in total. The van der Waals surface area contributed by atoms with Gasteiger partial charge >= 0.3 is 0 Å². The third-order valence-corrected chi connectivity index (χ3v) is 4.84. The van der Waals surface area contributed by atoms with Crippen LogP contribution in [0.1, 0.15) is 22.8 Å². The molecule has 29 heavy (non-hydrogen) atoms. The molecule has 2 amide bonds. The zero-order valence-electron chi connectivity index (χ0n) is 16.8. The number of carbonyl (C=O) groups excluding carboxylic acids is 2. The van der Waals surface area contributed by atoms with Gasteiger partial charge in [-0.2, -0.15) is 0 Å². The molecule has 6 nitrogen and oxygen atoms in total. The molecule has 0 unspecified atom stereocenters. The van der Waals surface area contributed by atoms with E-state index in [1.807, 2.05) is 31.2 Å². The van der Waals surface area contributed by atoms with Crippen LogP contribution in [-0.2, 0) is 4.79 Å². The number of methoxy groups -OCH3 is 1. The Balaban J connectivity index is 1.56. The van der Waals surface area contributed by atoms with E-state index in [2.05, 4.69) is 0 Å². The molecule has 1 aliphatic heterocycles. The SMILES string of the molecule is CCOc1ccccc1/C=C/C(=O)N1CCN(C(=O)c2ccc(OC)cc2)CC1. The third kappa shape index (κ3) is 5.16. The van der Waals surface area contributed by atoms with Crippen LogP contribution in [0, 0.1) is 0 Å². The summed E-state index contributed by atoms with van der Waals surface area (Å²) >= 11 is 0. The Labute approximate surface area is 171 Å². The molecule has 1 fully saturated rings. The monoisotopic (exact) mass is 394 g/mol. The Hall–Kier alpha value is -3.28. The quantitative estimate of drug-likeness (QED) is 0.707. The van der Waals surface area contributed by atoms with Gasteiger partial charge in [0.05, 0.1) is 13.7 Å². The maximum absolute atomic E-state index is 12.6. The molecule has 2 aromatic rings. The summed E-state index contributed by atoms with van der Waals surface area (Å²) < 4.78 is 10.7. The number of benzene rings is 2. The van der Waals surface area contributed by atoms with Crippen LogP contribution in [0.3, 0.4) is 0 Å². The van der Waals surface area contributed by atoms with Crippen molar-refractivity contribution in [1.29, 1.82) is 0 Å². The van der Waals surface area contributed by atoms with Crippen molar-refractivity contribution in [3.8, 4) is 11.5 Å². The molecule has 1 aliphatic rings. The highest BCUT2D eigenvalue weighted by Crippen LogP contribution is 2.20. The van der Waals surface area contributed by atoms with E-state index in [-0.39, 0.29) is 11.8 Å². The van der Waals surface area contributed by atoms with Crippen LogP contribution < -0.4 is 9.47 Å². The van der Waals surface area contributed by atoms with Gasteiger partial charge in [-0.1, -0.05) is 18.2 Å². The van der Waals surface area contributed by atoms with Crippen LogP contribution in [0.2, 0.25) is 0 Å². The Morgan fingerprint density at radius 1 is 0.966 bits per heavy atom. The Kier molecular flexibility index (Phi) is 6.89. The smallest absolute Gasteiger partial charge is 0.253 e. The van der Waals surface area contributed by atoms with E-state index in [1.165, 1.54) is 0 Å². The largest absolute Gasteiger partial charge is 0.497 e. The normalized spacial score (nSPS) is 14.1. The molecule has 3 rings (SSSR count). The van der Waals surface area contributed by atoms with Crippen molar-refractivity contribution in [2.75, 3.05) is 39.9 Å². The zero-order valence-corrected chi connectivity index (χ0v) is 16.8. The molecule has 0 aliphatic carbocycles. The molecule has 0 atom stereocenters. The summed E-state index contributed by atoms with van der Waals surface area (Å²) in [6.45, 7) is 4.55. The summed E-state index contributed by atoms with van der Waals surface area (Å²) in [5.74, 6) is 1.39. The van der Waals surface area contributed by atoms with Crippen molar-refractivity contribution in [2.45, 2.75) is 6.92 Å². The van der Waals surface area contributed by atoms with Gasteiger partial charge in [0, 0.05) is 43.4 Å². The van der Waals surface area contributed by atoms with Crippen LogP contribution in [0.15, 0.2) is 54.6 Å². The number of piperazine rings is 1. The Morgan fingerprint density at radius 2 is 1.62 bits per heavy atom. The van der Waals surface area contributed by atoms with Crippen LogP contribution in [0.4, 0.5) is 0 Å². The minimum atomic E-state index is -0.0622. The average molecular weight is 394 g/mol. The molecule has 1 heterocycles. The minimum Gasteiger partial charge on any atom is -0.497 e. The standard InChI is InChI=1S/C23H26N2O4/c1-3-29-21-7-5-4-6-18(21)10-13-22(26)24-14-16-25(17-15-24)23(27)19-8-11-20(28-2)12-9-19/h4-13H,3,14-17H2,1-2H3/b13-10+. The van der Waals surface area contributed by atoms with Crippen LogP contribution >= 0.6 is 0 Å². The van der Waals surface area contributed by atoms with E-state index in [0.29, 0.717) is 38.3 Å². The van der Waals surface area contributed by atoms with Crippen molar-refractivity contribution < 1.29 is 19.1 Å². The summed E-state index contributed by atoms with van der Waals surface area (Å²) in [6.07, 6.45) is 3.35. The maximum Gasteiger partial charge on any atom is 0.253 e. The summed E-state index contributed by atoms with van der Waals surface area (Å²) in [5.41, 5.74) is 1.49. The van der Waals surface area contributed by atoms with E-state index in [1.54, 1.807) is 53.3 Å². The zero-order chi connectivity index (χ0) is 20.6. The first-order chi connectivity index (χ1) is 14.1. The van der Waals surface area contributed by atoms with Gasteiger partial charge < -0.3 is 19.3 Å². The molecule has 0 radical (unpaired) electrons. The third-order valence-electron chi connectivity index (χ3n) is 4.84. The molecule has 1 saturated heterocycles. The molecular formula is C23H26N2O4. The number of hydrogen-bond donors (Lipinski definition) is 0. The molecule has 2 aromatic carbocycles. The summed E-state index contributed by atoms with van der Waals surface area (Å²) in [4.78, 5) is 28.7. The molecule has 0 spiro atoms. The first-order valence-corrected chi connectivity index (χ1v) is 9.74. The molecule has 6 heteroatoms. The lowest BCUT2D eigenvalue weighted by molar-refractivity contribution is -0.127. The van der Waals surface area contributed by atoms with Crippen molar-refractivity contribution in [2.24, 2.45) is 0 Å². The number of rotatable bonds is 6. The van der Waals surface area contributed by atoms with Gasteiger partial charge in [-0.05, 0) is 43.3 Å². The first kappa shape index (κ1) is 20.5. The number of carbonyl (C=O) groups is 2. The molecule has 0 bridgehead atoms. The fourth-order valence-corrected chi connectivity index (χ4v) is 3.22.